The third kappa shape index (κ3) is 2.39. The van der Waals surface area contributed by atoms with E-state index in [1.54, 1.807) is 0 Å². The third-order valence-corrected chi connectivity index (χ3v) is 2.88. The molecule has 1 aromatic rings. The van der Waals surface area contributed by atoms with Gasteiger partial charge < -0.3 is 0 Å². The van der Waals surface area contributed by atoms with Crippen LogP contribution in [0.5, 0.6) is 0 Å². The predicted molar refractivity (Wildman–Crippen MR) is 56.7 cm³/mol. The van der Waals surface area contributed by atoms with Crippen LogP contribution in [0.15, 0.2) is 21.7 Å². The fraction of sp³-hybridized carbons (Fsp3) is 0.500. The average Bonchev–Trinajstić information content (AvgIpc) is 2.16. The van der Waals surface area contributed by atoms with Crippen LogP contribution >= 0.6 is 0 Å². The molecule has 1 nitrogen and oxygen atoms in total. The van der Waals surface area contributed by atoms with Gasteiger partial charge in [0.1, 0.15) is 0 Å². The summed E-state index contributed by atoms with van der Waals surface area (Å²) in [6, 6.07) is 6.50. The Bertz CT molecular complexity index is 303. The van der Waals surface area contributed by atoms with Crippen LogP contribution in [0.2, 0.25) is 0 Å². The minimum atomic E-state index is 0.550. The van der Waals surface area contributed by atoms with Crippen molar-refractivity contribution in [1.82, 2.24) is 0 Å². The molecule has 14 heavy (non-hydrogen) atoms. The van der Waals surface area contributed by atoms with Gasteiger partial charge in [-0.1, -0.05) is 0 Å². The molecule has 0 heterocycles. The van der Waals surface area contributed by atoms with Crippen molar-refractivity contribution in [1.29, 1.82) is 0 Å². The van der Waals surface area contributed by atoms with Gasteiger partial charge in [-0.05, 0) is 0 Å². The van der Waals surface area contributed by atoms with Gasteiger partial charge in [-0.25, -0.2) is 0 Å². The first-order valence-corrected chi connectivity index (χ1v) is 5.93. The van der Waals surface area contributed by atoms with E-state index >= 15 is 0 Å². The molecule has 0 spiro atoms. The Balaban J connectivity index is 3.32. The Kier molecular flexibility index (Phi) is 4.19. The molecule has 0 aromatic heterocycles. The average molecular weight is 271 g/mol. The van der Waals surface area contributed by atoms with Crippen molar-refractivity contribution in [2.75, 3.05) is 0 Å². The van der Waals surface area contributed by atoms with Gasteiger partial charge in [-0.2, -0.15) is 0 Å². The first-order chi connectivity index (χ1) is 6.57. The zero-order chi connectivity index (χ0) is 10.7. The van der Waals surface area contributed by atoms with E-state index in [1.807, 2.05) is 19.6 Å². The van der Waals surface area contributed by atoms with Gasteiger partial charge in [0, 0.05) is 0 Å². The van der Waals surface area contributed by atoms with E-state index in [0.29, 0.717) is 11.8 Å². The number of hydrogen-bond acceptors (Lipinski definition) is 1. The first kappa shape index (κ1) is 11.8. The number of rotatable bonds is 3. The third-order valence-electron chi connectivity index (χ3n) is 2.43. The van der Waals surface area contributed by atoms with Gasteiger partial charge in [-0.3, -0.25) is 0 Å². The van der Waals surface area contributed by atoms with E-state index in [1.165, 1.54) is 16.8 Å². The predicted octanol–water partition coefficient (Wildman–Crippen LogP) is 4.30. The number of hydrogen-bond donors (Lipinski definition) is 0. The van der Waals surface area contributed by atoms with Crippen LogP contribution in [0, 0.1) is 0 Å². The fourth-order valence-corrected chi connectivity index (χ4v) is 2.14. The van der Waals surface area contributed by atoms with Gasteiger partial charge in [-0.15, -0.1) is 0 Å². The molecule has 2 heteroatoms. The molecule has 1 aromatic carbocycles. The summed E-state index contributed by atoms with van der Waals surface area (Å²) in [5.74, 6) is 1.10. The molecule has 0 fully saturated rings. The van der Waals surface area contributed by atoms with E-state index in [2.05, 4.69) is 49.4 Å². The maximum atomic E-state index is 4.42. The standard InChI is InChI=1S/C12H17N.Mo/c1-8(2)10-6-5-7-11(9(3)4)12(10)13;/h5-9H,1-4H3;. The number of benzene rings is 1. The van der Waals surface area contributed by atoms with Crippen molar-refractivity contribution in [3.05, 3.63) is 29.3 Å². The van der Waals surface area contributed by atoms with Gasteiger partial charge in [0.2, 0.25) is 0 Å². The van der Waals surface area contributed by atoms with Crippen LogP contribution in [-0.2, 0) is 19.6 Å². The minimum absolute atomic E-state index is 0.550. The van der Waals surface area contributed by atoms with Crippen molar-refractivity contribution >= 4 is 5.69 Å². The van der Waals surface area contributed by atoms with E-state index in [9.17, 15) is 0 Å². The molecule has 0 bridgehead atoms. The quantitative estimate of drug-likeness (QED) is 0.727. The van der Waals surface area contributed by atoms with Gasteiger partial charge in [0.25, 0.3) is 0 Å². The van der Waals surface area contributed by atoms with Crippen LogP contribution in [0.4, 0.5) is 5.69 Å². The summed E-state index contributed by atoms with van der Waals surface area (Å²) in [4.78, 5) is 0. The normalized spacial score (nSPS) is 11.0. The molecule has 0 aliphatic rings. The summed E-state index contributed by atoms with van der Waals surface area (Å²) < 4.78 is 4.42. The van der Waals surface area contributed by atoms with Crippen molar-refractivity contribution in [2.45, 2.75) is 39.5 Å². The second kappa shape index (κ2) is 4.98. The Labute approximate surface area is 97.7 Å². The van der Waals surface area contributed by atoms with Crippen molar-refractivity contribution in [3.8, 4) is 0 Å². The van der Waals surface area contributed by atoms with E-state index < -0.39 is 0 Å². The fourth-order valence-electron chi connectivity index (χ4n) is 1.62. The summed E-state index contributed by atoms with van der Waals surface area (Å²) in [7, 11) is 0. The molecule has 0 aliphatic heterocycles. The topological polar surface area (TPSA) is 12.4 Å². The van der Waals surface area contributed by atoms with Gasteiger partial charge in [0.15, 0.2) is 0 Å². The molecule has 1 rings (SSSR count). The van der Waals surface area contributed by atoms with Crippen LogP contribution < -0.4 is 0 Å². The zero-order valence-electron chi connectivity index (χ0n) is 9.24. The van der Waals surface area contributed by atoms with E-state index in [-0.39, 0.29) is 0 Å². The molecule has 0 saturated heterocycles. The molecule has 0 unspecified atom stereocenters. The van der Waals surface area contributed by atoms with Gasteiger partial charge >= 0.3 is 97.7 Å². The Morgan fingerprint density at radius 1 is 1.00 bits per heavy atom. The van der Waals surface area contributed by atoms with E-state index in [0.717, 1.165) is 0 Å². The maximum absolute atomic E-state index is 4.42. The molecular weight excluding hydrogens is 254 g/mol. The Hall–Kier alpha value is -0.292. The van der Waals surface area contributed by atoms with Crippen molar-refractivity contribution in [3.63, 3.8) is 0 Å². The van der Waals surface area contributed by atoms with E-state index in [4.69, 9.17) is 0 Å². The molecular formula is C12H17MoN. The summed E-state index contributed by atoms with van der Waals surface area (Å²) in [6.45, 7) is 8.87. The van der Waals surface area contributed by atoms with Crippen LogP contribution in [0.25, 0.3) is 0 Å². The Morgan fingerprint density at radius 2 is 1.43 bits per heavy atom. The van der Waals surface area contributed by atoms with Gasteiger partial charge in [0.05, 0.1) is 0 Å². The molecule has 0 aliphatic carbocycles. The molecule has 76 valence electrons. The molecule has 0 amide bonds. The van der Waals surface area contributed by atoms with Crippen molar-refractivity contribution < 1.29 is 19.6 Å². The van der Waals surface area contributed by atoms with Crippen LogP contribution in [-0.4, -0.2) is 0 Å². The summed E-state index contributed by atoms with van der Waals surface area (Å²) in [5, 5.41) is 0. The van der Waals surface area contributed by atoms with Crippen LogP contribution in [0.1, 0.15) is 50.7 Å². The second-order valence-electron chi connectivity index (χ2n) is 4.19. The summed E-state index contributed by atoms with van der Waals surface area (Å²) in [5.41, 5.74) is 3.92. The molecule has 0 radical (unpaired) electrons. The SMILES string of the molecule is CC(C)c1cccc(C(C)C)c1[N]=[Mo]. The Morgan fingerprint density at radius 3 is 1.71 bits per heavy atom. The monoisotopic (exact) mass is 273 g/mol. The summed E-state index contributed by atoms with van der Waals surface area (Å²) in [6.07, 6.45) is 0. The summed E-state index contributed by atoms with van der Waals surface area (Å²) >= 11 is 1.81. The number of nitrogens with zero attached hydrogens (tertiary/aromatic N) is 1. The second-order valence-corrected chi connectivity index (χ2v) is 4.63. The zero-order valence-corrected chi connectivity index (χ0v) is 11.2. The molecule has 0 atom stereocenters. The first-order valence-electron chi connectivity index (χ1n) is 5.04. The molecule has 0 saturated carbocycles. The van der Waals surface area contributed by atoms with Crippen molar-refractivity contribution in [2.24, 2.45) is 3.50 Å². The van der Waals surface area contributed by atoms with Crippen LogP contribution in [0.3, 0.4) is 0 Å². The molecule has 0 N–H and O–H groups in total.